The lowest BCUT2D eigenvalue weighted by Gasteiger charge is -2.27. The van der Waals surface area contributed by atoms with Crippen molar-refractivity contribution in [1.82, 2.24) is 0 Å². The van der Waals surface area contributed by atoms with Crippen LogP contribution in [0.4, 0.5) is 0 Å². The van der Waals surface area contributed by atoms with Crippen LogP contribution < -0.4 is 0 Å². The average molecular weight is 284 g/mol. The van der Waals surface area contributed by atoms with Crippen LogP contribution in [0.15, 0.2) is 59.5 Å². The molecule has 1 heterocycles. The average Bonchev–Trinajstić information content (AvgIpc) is 2.49. The monoisotopic (exact) mass is 284 g/mol. The summed E-state index contributed by atoms with van der Waals surface area (Å²) < 4.78 is 5.81. The van der Waals surface area contributed by atoms with Crippen molar-refractivity contribution in [3.8, 4) is 0 Å². The fourth-order valence-corrected chi connectivity index (χ4v) is 3.68. The van der Waals surface area contributed by atoms with Gasteiger partial charge >= 0.3 is 0 Å². The maximum atomic E-state index is 5.81. The molecule has 2 atom stereocenters. The van der Waals surface area contributed by atoms with Gasteiger partial charge in [-0.15, -0.1) is 0 Å². The van der Waals surface area contributed by atoms with Crippen molar-refractivity contribution in [2.24, 2.45) is 5.92 Å². The predicted octanol–water partition coefficient (Wildman–Crippen LogP) is 5.27. The van der Waals surface area contributed by atoms with Gasteiger partial charge in [-0.05, 0) is 29.5 Å². The molecule has 1 nitrogen and oxygen atoms in total. The van der Waals surface area contributed by atoms with Crippen molar-refractivity contribution in [3.05, 3.63) is 65.7 Å². The van der Waals surface area contributed by atoms with Crippen molar-refractivity contribution < 1.29 is 4.18 Å². The Morgan fingerprint density at radius 3 is 2.60 bits per heavy atom. The maximum Gasteiger partial charge on any atom is 0.0646 e. The zero-order chi connectivity index (χ0) is 13.8. The molecule has 3 rings (SSSR count). The van der Waals surface area contributed by atoms with Gasteiger partial charge in [-0.1, -0.05) is 61.9 Å². The van der Waals surface area contributed by atoms with E-state index in [0.717, 1.165) is 13.0 Å². The molecule has 1 aliphatic heterocycles. The summed E-state index contributed by atoms with van der Waals surface area (Å²) in [6.07, 6.45) is 2.34. The highest BCUT2D eigenvalue weighted by atomic mass is 32.2. The minimum atomic E-state index is 0.480. The summed E-state index contributed by atoms with van der Waals surface area (Å²) in [5.74, 6) is 1.11. The third-order valence-corrected chi connectivity index (χ3v) is 4.90. The van der Waals surface area contributed by atoms with Crippen LogP contribution in [0.25, 0.3) is 0 Å². The minimum Gasteiger partial charge on any atom is -0.310 e. The van der Waals surface area contributed by atoms with E-state index in [1.165, 1.54) is 22.4 Å². The summed E-state index contributed by atoms with van der Waals surface area (Å²) in [5, 5.41) is 0. The summed E-state index contributed by atoms with van der Waals surface area (Å²) in [7, 11) is 0. The molecule has 0 N–H and O–H groups in total. The zero-order valence-electron chi connectivity index (χ0n) is 11.8. The molecular weight excluding hydrogens is 264 g/mol. The Hall–Kier alpha value is -1.25. The molecular formula is C18H20OS. The van der Waals surface area contributed by atoms with Gasteiger partial charge in [0.1, 0.15) is 0 Å². The molecule has 0 saturated heterocycles. The van der Waals surface area contributed by atoms with E-state index in [4.69, 9.17) is 4.18 Å². The Bertz CT molecular complexity index is 552. The lowest BCUT2D eigenvalue weighted by atomic mass is 9.83. The van der Waals surface area contributed by atoms with Crippen LogP contribution >= 0.6 is 12.0 Å². The third-order valence-electron chi connectivity index (χ3n) is 4.10. The van der Waals surface area contributed by atoms with E-state index in [0.29, 0.717) is 11.8 Å². The molecule has 104 valence electrons. The van der Waals surface area contributed by atoms with E-state index in [-0.39, 0.29) is 0 Å². The van der Waals surface area contributed by atoms with Crippen LogP contribution in [0.3, 0.4) is 0 Å². The molecule has 1 unspecified atom stereocenters. The Labute approximate surface area is 125 Å². The smallest absolute Gasteiger partial charge is 0.0646 e. The van der Waals surface area contributed by atoms with Gasteiger partial charge < -0.3 is 4.18 Å². The van der Waals surface area contributed by atoms with Crippen molar-refractivity contribution in [2.45, 2.75) is 30.6 Å². The number of hydrogen-bond donors (Lipinski definition) is 0. The van der Waals surface area contributed by atoms with E-state index >= 15 is 0 Å². The molecule has 0 saturated carbocycles. The van der Waals surface area contributed by atoms with Gasteiger partial charge in [0.25, 0.3) is 0 Å². The number of benzene rings is 2. The largest absolute Gasteiger partial charge is 0.310 e. The molecule has 0 bridgehead atoms. The normalized spacial score (nSPS) is 22.6. The molecule has 1 aliphatic rings. The van der Waals surface area contributed by atoms with E-state index in [1.54, 1.807) is 12.0 Å². The summed E-state index contributed by atoms with van der Waals surface area (Å²) in [5.41, 5.74) is 2.82. The minimum absolute atomic E-state index is 0.480. The highest BCUT2D eigenvalue weighted by molar-refractivity contribution is 7.94. The number of rotatable bonds is 2. The van der Waals surface area contributed by atoms with Gasteiger partial charge in [-0.2, -0.15) is 0 Å². The van der Waals surface area contributed by atoms with Crippen molar-refractivity contribution in [2.75, 3.05) is 6.61 Å². The fourth-order valence-electron chi connectivity index (χ4n) is 2.85. The van der Waals surface area contributed by atoms with Gasteiger partial charge in [0.05, 0.1) is 6.61 Å². The topological polar surface area (TPSA) is 9.23 Å². The first-order valence-electron chi connectivity index (χ1n) is 7.31. The molecule has 20 heavy (non-hydrogen) atoms. The Kier molecular flexibility index (Phi) is 4.44. The number of fused-ring (bicyclic) bond motifs is 1. The van der Waals surface area contributed by atoms with Crippen LogP contribution in [-0.2, 0) is 4.18 Å². The van der Waals surface area contributed by atoms with E-state index in [2.05, 4.69) is 61.5 Å². The summed E-state index contributed by atoms with van der Waals surface area (Å²) in [6.45, 7) is 3.10. The molecule has 0 spiro atoms. The summed E-state index contributed by atoms with van der Waals surface area (Å²) in [6, 6.07) is 19.5. The first kappa shape index (κ1) is 13.7. The molecule has 0 fully saturated rings. The van der Waals surface area contributed by atoms with E-state index in [1.807, 2.05) is 0 Å². The Morgan fingerprint density at radius 1 is 1.05 bits per heavy atom. The fraction of sp³-hybridized carbons (Fsp3) is 0.333. The Balaban J connectivity index is 2.03. The van der Waals surface area contributed by atoms with Crippen LogP contribution in [0, 0.1) is 5.92 Å². The van der Waals surface area contributed by atoms with Crippen molar-refractivity contribution >= 4 is 12.0 Å². The highest BCUT2D eigenvalue weighted by Gasteiger charge is 2.24. The zero-order valence-corrected chi connectivity index (χ0v) is 12.6. The SMILES string of the molecule is CC[C@@H]1COSc2ccccc2C(c2ccccc2)C1. The molecule has 0 aromatic heterocycles. The summed E-state index contributed by atoms with van der Waals surface area (Å²) >= 11 is 1.54. The first-order chi connectivity index (χ1) is 9.88. The molecule has 0 amide bonds. The van der Waals surface area contributed by atoms with Crippen LogP contribution in [-0.4, -0.2) is 6.61 Å². The molecule has 2 aromatic rings. The maximum absolute atomic E-state index is 5.81. The van der Waals surface area contributed by atoms with Crippen LogP contribution in [0.1, 0.15) is 36.8 Å². The molecule has 2 heteroatoms. The first-order valence-corrected chi connectivity index (χ1v) is 8.06. The Morgan fingerprint density at radius 2 is 1.80 bits per heavy atom. The standard InChI is InChI=1S/C18H20OS/c1-2-14-12-17(15-8-4-3-5-9-15)16-10-6-7-11-18(16)20-19-13-14/h3-11,14,17H,2,12-13H2,1H3/t14-,17?/m0/s1. The molecule has 0 radical (unpaired) electrons. The van der Waals surface area contributed by atoms with Gasteiger partial charge in [-0.25, -0.2) is 0 Å². The highest BCUT2D eigenvalue weighted by Crippen LogP contribution is 2.40. The van der Waals surface area contributed by atoms with E-state index in [9.17, 15) is 0 Å². The number of hydrogen-bond acceptors (Lipinski definition) is 2. The van der Waals surface area contributed by atoms with Crippen LogP contribution in [0.2, 0.25) is 0 Å². The second-order valence-corrected chi connectivity index (χ2v) is 6.22. The molecule has 0 aliphatic carbocycles. The lowest BCUT2D eigenvalue weighted by Crippen LogP contribution is -2.15. The molecule has 2 aromatic carbocycles. The van der Waals surface area contributed by atoms with Crippen molar-refractivity contribution in [1.29, 1.82) is 0 Å². The van der Waals surface area contributed by atoms with Gasteiger partial charge in [0.15, 0.2) is 0 Å². The quantitative estimate of drug-likeness (QED) is 0.695. The second-order valence-electron chi connectivity index (χ2n) is 5.38. The summed E-state index contributed by atoms with van der Waals surface area (Å²) in [4.78, 5) is 1.26. The predicted molar refractivity (Wildman–Crippen MR) is 84.9 cm³/mol. The van der Waals surface area contributed by atoms with Gasteiger partial charge in [0, 0.05) is 22.9 Å². The van der Waals surface area contributed by atoms with E-state index < -0.39 is 0 Å². The van der Waals surface area contributed by atoms with Crippen molar-refractivity contribution in [3.63, 3.8) is 0 Å². The third kappa shape index (κ3) is 2.92. The second kappa shape index (κ2) is 6.47. The van der Waals surface area contributed by atoms with Gasteiger partial charge in [0.2, 0.25) is 0 Å². The lowest BCUT2D eigenvalue weighted by molar-refractivity contribution is 0.259. The van der Waals surface area contributed by atoms with Crippen LogP contribution in [0.5, 0.6) is 0 Å². The van der Waals surface area contributed by atoms with Gasteiger partial charge in [-0.3, -0.25) is 0 Å².